The second-order valence-electron chi connectivity index (χ2n) is 11.3. The average molecular weight is 525 g/mol. The first-order valence-electron chi connectivity index (χ1n) is 13.0. The molecule has 0 unspecified atom stereocenters. The minimum atomic E-state index is -0.504. The number of thiophene rings is 1. The first-order chi connectivity index (χ1) is 17.6. The molecular weight excluding hydrogens is 488 g/mol. The number of hydrogen-bond donors (Lipinski definition) is 0. The highest BCUT2D eigenvalue weighted by atomic mass is 32.1. The van der Waals surface area contributed by atoms with Crippen molar-refractivity contribution >= 4 is 27.5 Å². The van der Waals surface area contributed by atoms with E-state index in [4.69, 9.17) is 9.47 Å². The van der Waals surface area contributed by atoms with Crippen molar-refractivity contribution in [3.8, 4) is 16.9 Å². The molecule has 4 heterocycles. The van der Waals surface area contributed by atoms with Gasteiger partial charge in [-0.25, -0.2) is 4.79 Å². The Hall–Kier alpha value is -2.91. The number of aryl methyl sites for hydroxylation is 1. The highest BCUT2D eigenvalue weighted by molar-refractivity contribution is 7.19. The third kappa shape index (κ3) is 5.83. The maximum Gasteiger partial charge on any atom is 0.410 e. The standard InChI is InChI=1S/C28H36N4O4S/c1-18-14-32(27(34)36-28(2,3)4)11-10-31(18)15-20-12-22-25(37-20)23(16-30(5)26(22)33)21-8-9-29-13-24(21)35-17-19-6-7-19/h8-9,12-13,16,18-19H,6-7,10-11,14-15,17H2,1-5H3/t18-/m1/s1. The number of pyridine rings is 2. The molecule has 3 aromatic heterocycles. The molecule has 198 valence electrons. The predicted octanol–water partition coefficient (Wildman–Crippen LogP) is 4.89. The third-order valence-corrected chi connectivity index (χ3v) is 8.08. The normalized spacial score (nSPS) is 18.8. The Kier molecular flexibility index (Phi) is 7.02. The number of aromatic nitrogens is 2. The number of hydrogen-bond acceptors (Lipinski definition) is 7. The number of amides is 1. The molecule has 1 saturated heterocycles. The Balaban J connectivity index is 1.38. The molecule has 0 aromatic carbocycles. The van der Waals surface area contributed by atoms with Crippen LogP contribution in [0.1, 0.15) is 45.4 Å². The van der Waals surface area contributed by atoms with E-state index in [0.717, 1.165) is 44.9 Å². The van der Waals surface area contributed by atoms with Gasteiger partial charge in [-0.05, 0) is 58.6 Å². The fourth-order valence-corrected chi connectivity index (χ4v) is 5.90. The van der Waals surface area contributed by atoms with Gasteiger partial charge in [-0.3, -0.25) is 14.7 Å². The topological polar surface area (TPSA) is 76.9 Å². The molecule has 2 aliphatic rings. The molecule has 9 heteroatoms. The number of ether oxygens (including phenoxy) is 2. The molecule has 1 aliphatic carbocycles. The van der Waals surface area contributed by atoms with Gasteiger partial charge in [0.15, 0.2) is 0 Å². The maximum absolute atomic E-state index is 13.1. The minimum absolute atomic E-state index is 0.00134. The van der Waals surface area contributed by atoms with Crippen molar-refractivity contribution < 1.29 is 14.3 Å². The average Bonchev–Trinajstić information content (AvgIpc) is 3.58. The molecule has 0 N–H and O–H groups in total. The van der Waals surface area contributed by atoms with Crippen LogP contribution < -0.4 is 10.3 Å². The highest BCUT2D eigenvalue weighted by Gasteiger charge is 2.30. The van der Waals surface area contributed by atoms with Crippen molar-refractivity contribution in [3.63, 3.8) is 0 Å². The Morgan fingerprint density at radius 1 is 1.22 bits per heavy atom. The zero-order chi connectivity index (χ0) is 26.3. The number of nitrogens with zero attached hydrogens (tertiary/aromatic N) is 4. The molecule has 1 saturated carbocycles. The fourth-order valence-electron chi connectivity index (χ4n) is 4.70. The van der Waals surface area contributed by atoms with Gasteiger partial charge in [0.2, 0.25) is 0 Å². The quantitative estimate of drug-likeness (QED) is 0.457. The monoisotopic (exact) mass is 524 g/mol. The van der Waals surface area contributed by atoms with Crippen molar-refractivity contribution in [2.24, 2.45) is 13.0 Å². The smallest absolute Gasteiger partial charge is 0.410 e. The molecule has 5 rings (SSSR count). The molecule has 0 spiro atoms. The Morgan fingerprint density at radius 2 is 2.00 bits per heavy atom. The zero-order valence-corrected chi connectivity index (χ0v) is 23.1. The van der Waals surface area contributed by atoms with Gasteiger partial charge >= 0.3 is 6.09 Å². The van der Waals surface area contributed by atoms with Crippen LogP contribution in [-0.4, -0.2) is 63.3 Å². The van der Waals surface area contributed by atoms with E-state index in [9.17, 15) is 9.59 Å². The van der Waals surface area contributed by atoms with E-state index < -0.39 is 5.60 Å². The van der Waals surface area contributed by atoms with E-state index in [-0.39, 0.29) is 17.7 Å². The van der Waals surface area contributed by atoms with Gasteiger partial charge in [0.1, 0.15) is 11.4 Å². The summed E-state index contributed by atoms with van der Waals surface area (Å²) in [5, 5.41) is 0.727. The van der Waals surface area contributed by atoms with Gasteiger partial charge in [0, 0.05) is 72.4 Å². The van der Waals surface area contributed by atoms with Crippen LogP contribution in [0, 0.1) is 5.92 Å². The van der Waals surface area contributed by atoms with Gasteiger partial charge in [-0.1, -0.05) is 0 Å². The lowest BCUT2D eigenvalue weighted by molar-refractivity contribution is 0.00475. The highest BCUT2D eigenvalue weighted by Crippen LogP contribution is 2.39. The van der Waals surface area contributed by atoms with Crippen molar-refractivity contribution in [2.45, 2.75) is 58.7 Å². The summed E-state index contributed by atoms with van der Waals surface area (Å²) in [6.07, 6.45) is 7.64. The molecule has 1 atom stereocenters. The zero-order valence-electron chi connectivity index (χ0n) is 22.3. The van der Waals surface area contributed by atoms with Crippen molar-refractivity contribution in [3.05, 3.63) is 46.0 Å². The van der Waals surface area contributed by atoms with Gasteiger partial charge in [0.25, 0.3) is 5.56 Å². The lowest BCUT2D eigenvalue weighted by atomic mass is 10.1. The first-order valence-corrected chi connectivity index (χ1v) is 13.8. The van der Waals surface area contributed by atoms with Crippen LogP contribution in [0.4, 0.5) is 4.79 Å². The lowest BCUT2D eigenvalue weighted by Gasteiger charge is -2.40. The second-order valence-corrected chi connectivity index (χ2v) is 12.4. The summed E-state index contributed by atoms with van der Waals surface area (Å²) in [4.78, 5) is 35.2. The summed E-state index contributed by atoms with van der Waals surface area (Å²) in [6, 6.07) is 4.18. The van der Waals surface area contributed by atoms with Crippen molar-refractivity contribution in [1.29, 1.82) is 0 Å². The summed E-state index contributed by atoms with van der Waals surface area (Å²) >= 11 is 1.66. The molecule has 1 amide bonds. The largest absolute Gasteiger partial charge is 0.491 e. The summed E-state index contributed by atoms with van der Waals surface area (Å²) in [7, 11) is 1.80. The summed E-state index contributed by atoms with van der Waals surface area (Å²) in [6.45, 7) is 11.2. The molecule has 0 bridgehead atoms. The van der Waals surface area contributed by atoms with E-state index in [0.29, 0.717) is 25.6 Å². The first kappa shape index (κ1) is 25.7. The van der Waals surface area contributed by atoms with E-state index in [1.54, 1.807) is 40.2 Å². The molecule has 1 aliphatic heterocycles. The summed E-state index contributed by atoms with van der Waals surface area (Å²) in [5.74, 6) is 1.40. The fraction of sp³-hybridized carbons (Fsp3) is 0.536. The number of rotatable bonds is 6. The van der Waals surface area contributed by atoms with E-state index in [1.807, 2.05) is 39.1 Å². The van der Waals surface area contributed by atoms with Gasteiger partial charge < -0.3 is 18.9 Å². The molecule has 3 aromatic rings. The SMILES string of the molecule is C[C@@H]1CN(C(=O)OC(C)(C)C)CCN1Cc1cc2c(=O)n(C)cc(-c3ccncc3OCC3CC3)c2s1. The maximum atomic E-state index is 13.1. The van der Waals surface area contributed by atoms with E-state index in [1.165, 1.54) is 12.8 Å². The Morgan fingerprint density at radius 3 is 2.70 bits per heavy atom. The van der Waals surface area contributed by atoms with Crippen LogP contribution in [0.3, 0.4) is 0 Å². The minimum Gasteiger partial charge on any atom is -0.491 e. The molecule has 37 heavy (non-hydrogen) atoms. The van der Waals surface area contributed by atoms with E-state index in [2.05, 4.69) is 16.8 Å². The van der Waals surface area contributed by atoms with Crippen LogP contribution >= 0.6 is 11.3 Å². The Labute approximate surface area is 221 Å². The summed E-state index contributed by atoms with van der Waals surface area (Å²) in [5.41, 5.74) is 1.45. The van der Waals surface area contributed by atoms with Gasteiger partial charge in [-0.2, -0.15) is 0 Å². The summed E-state index contributed by atoms with van der Waals surface area (Å²) < 4.78 is 14.3. The predicted molar refractivity (Wildman–Crippen MR) is 146 cm³/mol. The van der Waals surface area contributed by atoms with Crippen LogP contribution in [0.5, 0.6) is 5.75 Å². The third-order valence-electron chi connectivity index (χ3n) is 6.92. The number of carbonyl (C=O) groups is 1. The van der Waals surface area contributed by atoms with Crippen LogP contribution in [0.2, 0.25) is 0 Å². The Bertz CT molecular complexity index is 1350. The van der Waals surface area contributed by atoms with Crippen molar-refractivity contribution in [2.75, 3.05) is 26.2 Å². The van der Waals surface area contributed by atoms with E-state index >= 15 is 0 Å². The van der Waals surface area contributed by atoms with Crippen LogP contribution in [-0.2, 0) is 18.3 Å². The second kappa shape index (κ2) is 10.1. The van der Waals surface area contributed by atoms with Gasteiger partial charge in [-0.15, -0.1) is 11.3 Å². The molecule has 0 radical (unpaired) electrons. The van der Waals surface area contributed by atoms with Crippen molar-refractivity contribution in [1.82, 2.24) is 19.4 Å². The lowest BCUT2D eigenvalue weighted by Crippen LogP contribution is -2.53. The van der Waals surface area contributed by atoms with Crippen LogP contribution in [0.15, 0.2) is 35.5 Å². The van der Waals surface area contributed by atoms with Gasteiger partial charge in [0.05, 0.1) is 18.2 Å². The molecule has 8 nitrogen and oxygen atoms in total. The number of carbonyl (C=O) groups excluding carboxylic acids is 1. The van der Waals surface area contributed by atoms with Crippen LogP contribution in [0.25, 0.3) is 21.2 Å². The molecule has 2 fully saturated rings. The number of fused-ring (bicyclic) bond motifs is 1. The molecular formula is C28H36N4O4S. The number of piperazine rings is 1.